The Morgan fingerprint density at radius 2 is 2.20 bits per heavy atom. The van der Waals surface area contributed by atoms with E-state index in [4.69, 9.17) is 22.0 Å². The Labute approximate surface area is 123 Å². The molecule has 5 nitrogen and oxygen atoms in total. The van der Waals surface area contributed by atoms with Crippen molar-refractivity contribution in [1.82, 2.24) is 0 Å². The third-order valence-electron chi connectivity index (χ3n) is 2.34. The van der Waals surface area contributed by atoms with E-state index in [9.17, 15) is 8.42 Å². The molecule has 0 aliphatic rings. The smallest absolute Gasteiger partial charge is 0.248 e. The second-order valence-corrected chi connectivity index (χ2v) is 6.32. The van der Waals surface area contributed by atoms with Crippen LogP contribution < -0.4 is 4.72 Å². The molecule has 0 radical (unpaired) electrons. The maximum absolute atomic E-state index is 11.9. The van der Waals surface area contributed by atoms with Gasteiger partial charge in [0.15, 0.2) is 5.25 Å². The van der Waals surface area contributed by atoms with Crippen LogP contribution in [-0.2, 0) is 10.0 Å². The molecular weight excluding hydrogens is 300 g/mol. The van der Waals surface area contributed by atoms with E-state index in [2.05, 4.69) is 16.6 Å². The van der Waals surface area contributed by atoms with Crippen LogP contribution in [-0.4, -0.2) is 25.4 Å². The second-order valence-electron chi connectivity index (χ2n) is 3.88. The molecule has 106 valence electrons. The lowest BCUT2D eigenvalue weighted by Gasteiger charge is -2.11. The van der Waals surface area contributed by atoms with Crippen LogP contribution in [0.4, 0.5) is 5.69 Å². The predicted molar refractivity (Wildman–Crippen MR) is 77.7 cm³/mol. The van der Waals surface area contributed by atoms with Crippen molar-refractivity contribution >= 4 is 27.3 Å². The summed E-state index contributed by atoms with van der Waals surface area (Å²) in [7, 11) is -3.82. The van der Waals surface area contributed by atoms with Crippen molar-refractivity contribution in [3.63, 3.8) is 0 Å². The van der Waals surface area contributed by atoms with Gasteiger partial charge in [-0.1, -0.05) is 23.4 Å². The molecule has 0 aliphatic heterocycles. The lowest BCUT2D eigenvalue weighted by atomic mass is 10.2. The topological polar surface area (TPSA) is 90.2 Å². The summed E-state index contributed by atoms with van der Waals surface area (Å²) in [5.74, 6) is 5.44. The van der Waals surface area contributed by atoms with E-state index in [0.717, 1.165) is 0 Å². The van der Waals surface area contributed by atoms with Gasteiger partial charge in [0.2, 0.25) is 10.0 Å². The minimum Gasteiger partial charge on any atom is -0.395 e. The molecule has 0 aromatic heterocycles. The Morgan fingerprint density at radius 1 is 1.50 bits per heavy atom. The summed E-state index contributed by atoms with van der Waals surface area (Å²) in [4.78, 5) is 0. The lowest BCUT2D eigenvalue weighted by Crippen LogP contribution is -2.24. The maximum Gasteiger partial charge on any atom is 0.248 e. The maximum atomic E-state index is 11.9. The first-order chi connectivity index (χ1) is 9.40. The van der Waals surface area contributed by atoms with Gasteiger partial charge in [0, 0.05) is 17.0 Å². The molecule has 0 heterocycles. The zero-order valence-corrected chi connectivity index (χ0v) is 12.3. The molecule has 20 heavy (non-hydrogen) atoms. The molecule has 0 bridgehead atoms. The molecule has 0 saturated carbocycles. The molecule has 2 N–H and O–H groups in total. The number of anilines is 1. The van der Waals surface area contributed by atoms with E-state index in [-0.39, 0.29) is 18.7 Å². The average molecular weight is 313 g/mol. The van der Waals surface area contributed by atoms with Crippen molar-refractivity contribution < 1.29 is 13.5 Å². The highest BCUT2D eigenvalue weighted by Gasteiger charge is 2.21. The molecule has 0 aliphatic carbocycles. The van der Waals surface area contributed by atoms with Crippen molar-refractivity contribution in [2.45, 2.75) is 18.6 Å². The Hall–Kier alpha value is -1.73. The fourth-order valence-corrected chi connectivity index (χ4v) is 2.20. The lowest BCUT2D eigenvalue weighted by molar-refractivity contribution is 0.305. The molecule has 0 spiro atoms. The van der Waals surface area contributed by atoms with Gasteiger partial charge in [0.25, 0.3) is 0 Å². The number of sulfonamides is 1. The van der Waals surface area contributed by atoms with Gasteiger partial charge in [-0.15, -0.1) is 0 Å². The summed E-state index contributed by atoms with van der Waals surface area (Å²) < 4.78 is 26.0. The molecule has 1 rings (SSSR count). The number of hydrogen-bond donors (Lipinski definition) is 2. The molecule has 0 saturated heterocycles. The number of aliphatic hydroxyl groups is 1. The molecular formula is C13H13ClN2O3S. The highest BCUT2D eigenvalue weighted by molar-refractivity contribution is 7.93. The molecule has 1 atom stereocenters. The van der Waals surface area contributed by atoms with E-state index in [1.54, 1.807) is 18.2 Å². The van der Waals surface area contributed by atoms with Crippen LogP contribution in [0.5, 0.6) is 0 Å². The van der Waals surface area contributed by atoms with Gasteiger partial charge in [-0.2, -0.15) is 5.26 Å². The van der Waals surface area contributed by atoms with Gasteiger partial charge < -0.3 is 5.11 Å². The fourth-order valence-electron chi connectivity index (χ4n) is 1.23. The summed E-state index contributed by atoms with van der Waals surface area (Å²) in [5.41, 5.74) is 0.640. The summed E-state index contributed by atoms with van der Waals surface area (Å²) in [6.07, 6.45) is 0.281. The van der Waals surface area contributed by atoms with Gasteiger partial charge in [0.1, 0.15) is 0 Å². The Morgan fingerprint density at radius 3 is 2.80 bits per heavy atom. The Bertz CT molecular complexity index is 684. The number of nitriles is 1. The molecule has 1 aromatic carbocycles. The van der Waals surface area contributed by atoms with Crippen LogP contribution in [0.3, 0.4) is 0 Å². The van der Waals surface area contributed by atoms with E-state index in [0.29, 0.717) is 10.6 Å². The van der Waals surface area contributed by atoms with Crippen LogP contribution in [0, 0.1) is 23.2 Å². The molecule has 0 fully saturated rings. The van der Waals surface area contributed by atoms with Crippen LogP contribution in [0.25, 0.3) is 0 Å². The quantitative estimate of drug-likeness (QED) is 0.828. The number of aliphatic hydroxyl groups excluding tert-OH is 1. The minimum atomic E-state index is -3.82. The zero-order chi connectivity index (χ0) is 15.2. The SMILES string of the molecule is CC(C#N)S(=O)(=O)Nc1cc(Cl)ccc1C#CCCO. The molecule has 7 heteroatoms. The van der Waals surface area contributed by atoms with Gasteiger partial charge in [0.05, 0.1) is 18.4 Å². The number of nitrogens with one attached hydrogen (secondary N) is 1. The highest BCUT2D eigenvalue weighted by atomic mass is 35.5. The van der Waals surface area contributed by atoms with Crippen LogP contribution in [0.2, 0.25) is 5.02 Å². The number of nitrogens with zero attached hydrogens (tertiary/aromatic N) is 1. The van der Waals surface area contributed by atoms with Crippen molar-refractivity contribution in [3.05, 3.63) is 28.8 Å². The first kappa shape index (κ1) is 16.3. The summed E-state index contributed by atoms with van der Waals surface area (Å²) in [6.45, 7) is 1.21. The summed E-state index contributed by atoms with van der Waals surface area (Å²) in [5, 5.41) is 16.5. The molecule has 1 aromatic rings. The third-order valence-corrected chi connectivity index (χ3v) is 4.12. The van der Waals surface area contributed by atoms with Crippen molar-refractivity contribution in [3.8, 4) is 17.9 Å². The number of halogens is 1. The first-order valence-electron chi connectivity index (χ1n) is 5.71. The third kappa shape index (κ3) is 4.43. The standard InChI is InChI=1S/C13H13ClN2O3S/c1-10(9-15)20(18,19)16-13-8-12(14)6-5-11(13)4-2-3-7-17/h5-6,8,10,16-17H,3,7H2,1H3. The second kappa shape index (κ2) is 7.16. The number of rotatable bonds is 4. The van der Waals surface area contributed by atoms with E-state index in [1.807, 2.05) is 0 Å². The fraction of sp³-hybridized carbons (Fsp3) is 0.308. The summed E-state index contributed by atoms with van der Waals surface area (Å²) in [6, 6.07) is 6.23. The van der Waals surface area contributed by atoms with Crippen LogP contribution >= 0.6 is 11.6 Å². The molecule has 0 amide bonds. The van der Waals surface area contributed by atoms with Crippen molar-refractivity contribution in [2.24, 2.45) is 0 Å². The minimum absolute atomic E-state index is 0.0763. The van der Waals surface area contributed by atoms with Gasteiger partial charge in [-0.3, -0.25) is 4.72 Å². The van der Waals surface area contributed by atoms with Crippen LogP contribution in [0.15, 0.2) is 18.2 Å². The van der Waals surface area contributed by atoms with E-state index >= 15 is 0 Å². The first-order valence-corrected chi connectivity index (χ1v) is 7.63. The monoisotopic (exact) mass is 312 g/mol. The van der Waals surface area contributed by atoms with Crippen molar-refractivity contribution in [1.29, 1.82) is 5.26 Å². The van der Waals surface area contributed by atoms with E-state index in [1.165, 1.54) is 13.0 Å². The van der Waals surface area contributed by atoms with Gasteiger partial charge in [-0.25, -0.2) is 8.42 Å². The van der Waals surface area contributed by atoms with Crippen molar-refractivity contribution in [2.75, 3.05) is 11.3 Å². The number of benzene rings is 1. The molecule has 1 unspecified atom stereocenters. The highest BCUT2D eigenvalue weighted by Crippen LogP contribution is 2.22. The Kier molecular flexibility index (Phi) is 5.84. The normalized spacial score (nSPS) is 11.9. The van der Waals surface area contributed by atoms with Crippen LogP contribution in [0.1, 0.15) is 18.9 Å². The predicted octanol–water partition coefficient (Wildman–Crippen LogP) is 1.73. The largest absolute Gasteiger partial charge is 0.395 e. The average Bonchev–Trinajstić information content (AvgIpc) is 2.40. The van der Waals surface area contributed by atoms with E-state index < -0.39 is 15.3 Å². The zero-order valence-electron chi connectivity index (χ0n) is 10.7. The summed E-state index contributed by atoms with van der Waals surface area (Å²) >= 11 is 5.83. The van der Waals surface area contributed by atoms with Gasteiger partial charge in [-0.05, 0) is 25.1 Å². The Balaban J connectivity index is 3.15. The van der Waals surface area contributed by atoms with Gasteiger partial charge >= 0.3 is 0 Å². The number of hydrogen-bond acceptors (Lipinski definition) is 4.